The normalized spacial score (nSPS) is 32.7. The number of piperidine rings is 1. The van der Waals surface area contributed by atoms with Gasteiger partial charge in [0.25, 0.3) is 0 Å². The molecule has 1 N–H and O–H groups in total. The topological polar surface area (TPSA) is 49.4 Å². The van der Waals surface area contributed by atoms with Crippen LogP contribution in [-0.2, 0) is 10.0 Å². The molecule has 4 nitrogen and oxygen atoms in total. The van der Waals surface area contributed by atoms with Crippen LogP contribution in [-0.4, -0.2) is 44.2 Å². The van der Waals surface area contributed by atoms with E-state index >= 15 is 0 Å². The van der Waals surface area contributed by atoms with Crippen molar-refractivity contribution in [2.75, 3.05) is 26.2 Å². The first-order chi connectivity index (χ1) is 7.46. The molecule has 0 bridgehead atoms. The van der Waals surface area contributed by atoms with Crippen LogP contribution in [0.5, 0.6) is 0 Å². The molecule has 0 aromatic heterocycles. The van der Waals surface area contributed by atoms with Crippen LogP contribution in [0, 0.1) is 5.41 Å². The van der Waals surface area contributed by atoms with Gasteiger partial charge in [0.1, 0.15) is 0 Å². The summed E-state index contributed by atoms with van der Waals surface area (Å²) >= 11 is 0. The van der Waals surface area contributed by atoms with Crippen molar-refractivity contribution >= 4 is 10.0 Å². The van der Waals surface area contributed by atoms with Crippen LogP contribution in [0.2, 0.25) is 0 Å². The third kappa shape index (κ3) is 2.13. The predicted octanol–water partition coefficient (Wildman–Crippen LogP) is 0.800. The minimum Gasteiger partial charge on any atom is -0.316 e. The molecule has 2 aliphatic rings. The molecule has 2 saturated heterocycles. The number of nitrogens with zero attached hydrogens (tertiary/aromatic N) is 1. The Morgan fingerprint density at radius 1 is 1.31 bits per heavy atom. The van der Waals surface area contributed by atoms with Gasteiger partial charge in [0.05, 0.1) is 5.25 Å². The molecule has 16 heavy (non-hydrogen) atoms. The average molecular weight is 246 g/mol. The molecule has 0 amide bonds. The van der Waals surface area contributed by atoms with Gasteiger partial charge in [0.2, 0.25) is 10.0 Å². The van der Waals surface area contributed by atoms with Gasteiger partial charge in [0.15, 0.2) is 0 Å². The third-order valence-corrected chi connectivity index (χ3v) is 6.14. The van der Waals surface area contributed by atoms with Crippen LogP contribution in [0.3, 0.4) is 0 Å². The molecule has 2 aliphatic heterocycles. The van der Waals surface area contributed by atoms with Crippen LogP contribution < -0.4 is 5.32 Å². The number of sulfonamides is 1. The SMILES string of the molecule is CC(C)S(=O)(=O)N1CCCC2(CCNC2)C1. The fraction of sp³-hybridized carbons (Fsp3) is 1.00. The molecule has 0 saturated carbocycles. The minimum absolute atomic E-state index is 0.222. The first kappa shape index (κ1) is 12.3. The standard InChI is InChI=1S/C11H22N2O2S/c1-10(2)16(14,15)13-7-3-4-11(9-13)5-6-12-8-11/h10,12H,3-9H2,1-2H3. The van der Waals surface area contributed by atoms with Crippen LogP contribution in [0.4, 0.5) is 0 Å². The van der Waals surface area contributed by atoms with Gasteiger partial charge in [0, 0.05) is 19.6 Å². The molecule has 0 aromatic rings. The van der Waals surface area contributed by atoms with Gasteiger partial charge in [-0.3, -0.25) is 0 Å². The van der Waals surface area contributed by atoms with Crippen molar-refractivity contribution < 1.29 is 8.42 Å². The molecular weight excluding hydrogens is 224 g/mol. The Morgan fingerprint density at radius 3 is 2.62 bits per heavy atom. The van der Waals surface area contributed by atoms with E-state index < -0.39 is 10.0 Å². The molecule has 2 rings (SSSR count). The van der Waals surface area contributed by atoms with Crippen molar-refractivity contribution in [3.63, 3.8) is 0 Å². The van der Waals surface area contributed by atoms with E-state index in [9.17, 15) is 8.42 Å². The van der Waals surface area contributed by atoms with Crippen molar-refractivity contribution in [2.24, 2.45) is 5.41 Å². The molecule has 5 heteroatoms. The smallest absolute Gasteiger partial charge is 0.216 e. The van der Waals surface area contributed by atoms with Crippen LogP contribution in [0.15, 0.2) is 0 Å². The van der Waals surface area contributed by atoms with Crippen molar-refractivity contribution in [3.05, 3.63) is 0 Å². The highest BCUT2D eigenvalue weighted by molar-refractivity contribution is 7.89. The lowest BCUT2D eigenvalue weighted by Gasteiger charge is -2.39. The molecule has 1 atom stereocenters. The highest BCUT2D eigenvalue weighted by Gasteiger charge is 2.41. The summed E-state index contributed by atoms with van der Waals surface area (Å²) in [4.78, 5) is 0. The highest BCUT2D eigenvalue weighted by Crippen LogP contribution is 2.36. The molecule has 2 heterocycles. The van der Waals surface area contributed by atoms with Crippen molar-refractivity contribution in [1.29, 1.82) is 0 Å². The van der Waals surface area contributed by atoms with Crippen molar-refractivity contribution in [3.8, 4) is 0 Å². The predicted molar refractivity (Wildman–Crippen MR) is 64.8 cm³/mol. The van der Waals surface area contributed by atoms with Gasteiger partial charge in [-0.15, -0.1) is 0 Å². The molecular formula is C11H22N2O2S. The molecule has 94 valence electrons. The van der Waals surface area contributed by atoms with Gasteiger partial charge >= 0.3 is 0 Å². The van der Waals surface area contributed by atoms with E-state index in [0.29, 0.717) is 6.54 Å². The summed E-state index contributed by atoms with van der Waals surface area (Å²) in [6, 6.07) is 0. The first-order valence-corrected chi connectivity index (χ1v) is 7.66. The maximum Gasteiger partial charge on any atom is 0.216 e. The monoisotopic (exact) mass is 246 g/mol. The maximum absolute atomic E-state index is 12.1. The average Bonchev–Trinajstić information content (AvgIpc) is 2.66. The van der Waals surface area contributed by atoms with Crippen LogP contribution in [0.1, 0.15) is 33.1 Å². The number of rotatable bonds is 2. The van der Waals surface area contributed by atoms with Gasteiger partial charge in [-0.1, -0.05) is 0 Å². The Balaban J connectivity index is 2.13. The van der Waals surface area contributed by atoms with Crippen LogP contribution in [0.25, 0.3) is 0 Å². The Bertz CT molecular complexity index is 345. The highest BCUT2D eigenvalue weighted by atomic mass is 32.2. The van der Waals surface area contributed by atoms with Gasteiger partial charge in [-0.05, 0) is 45.1 Å². The summed E-state index contributed by atoms with van der Waals surface area (Å²) in [5.74, 6) is 0. The summed E-state index contributed by atoms with van der Waals surface area (Å²) < 4.78 is 26.0. The summed E-state index contributed by atoms with van der Waals surface area (Å²) in [5, 5.41) is 3.07. The molecule has 1 spiro atoms. The van der Waals surface area contributed by atoms with Crippen molar-refractivity contribution in [2.45, 2.75) is 38.4 Å². The Kier molecular flexibility index (Phi) is 3.29. The second-order valence-corrected chi connectivity index (χ2v) is 7.95. The summed E-state index contributed by atoms with van der Waals surface area (Å²) in [6.45, 7) is 6.99. The van der Waals surface area contributed by atoms with E-state index in [2.05, 4.69) is 5.32 Å². The number of nitrogens with one attached hydrogen (secondary N) is 1. The summed E-state index contributed by atoms with van der Waals surface area (Å²) in [6.07, 6.45) is 3.30. The Morgan fingerprint density at radius 2 is 2.06 bits per heavy atom. The Hall–Kier alpha value is -0.130. The number of hydrogen-bond acceptors (Lipinski definition) is 3. The molecule has 0 aromatic carbocycles. The lowest BCUT2D eigenvalue weighted by atomic mass is 9.80. The second-order valence-electron chi connectivity index (χ2n) is 5.46. The molecule has 0 aliphatic carbocycles. The van der Waals surface area contributed by atoms with E-state index in [4.69, 9.17) is 0 Å². The minimum atomic E-state index is -3.06. The lowest BCUT2D eigenvalue weighted by Crippen LogP contribution is -2.48. The van der Waals surface area contributed by atoms with Crippen LogP contribution >= 0.6 is 0 Å². The van der Waals surface area contributed by atoms with E-state index in [1.807, 2.05) is 0 Å². The largest absolute Gasteiger partial charge is 0.316 e. The fourth-order valence-corrected chi connectivity index (χ4v) is 4.26. The van der Waals surface area contributed by atoms with Gasteiger partial charge < -0.3 is 5.32 Å². The summed E-state index contributed by atoms with van der Waals surface area (Å²) in [5.41, 5.74) is 0.222. The summed E-state index contributed by atoms with van der Waals surface area (Å²) in [7, 11) is -3.06. The third-order valence-electron chi connectivity index (χ3n) is 3.91. The first-order valence-electron chi connectivity index (χ1n) is 6.16. The van der Waals surface area contributed by atoms with E-state index in [-0.39, 0.29) is 10.7 Å². The lowest BCUT2D eigenvalue weighted by molar-refractivity contribution is 0.166. The zero-order chi connectivity index (χ0) is 11.8. The maximum atomic E-state index is 12.1. The van der Waals surface area contributed by atoms with E-state index in [0.717, 1.165) is 32.5 Å². The van der Waals surface area contributed by atoms with E-state index in [1.54, 1.807) is 18.2 Å². The zero-order valence-electron chi connectivity index (χ0n) is 10.2. The van der Waals surface area contributed by atoms with Gasteiger partial charge in [-0.2, -0.15) is 0 Å². The number of hydrogen-bond donors (Lipinski definition) is 1. The molecule has 1 unspecified atom stereocenters. The van der Waals surface area contributed by atoms with Gasteiger partial charge in [-0.25, -0.2) is 12.7 Å². The quantitative estimate of drug-likeness (QED) is 0.784. The Labute approximate surface area is 98.4 Å². The zero-order valence-corrected chi connectivity index (χ0v) is 11.0. The van der Waals surface area contributed by atoms with E-state index in [1.165, 1.54) is 6.42 Å². The molecule has 2 fully saturated rings. The molecule has 0 radical (unpaired) electrons. The fourth-order valence-electron chi connectivity index (χ4n) is 2.82. The van der Waals surface area contributed by atoms with Crippen molar-refractivity contribution in [1.82, 2.24) is 9.62 Å². The second kappa shape index (κ2) is 4.27.